The summed E-state index contributed by atoms with van der Waals surface area (Å²) in [7, 11) is 0. The molecule has 0 fully saturated rings. The summed E-state index contributed by atoms with van der Waals surface area (Å²) in [6, 6.07) is 39.7. The molecule has 0 radical (unpaired) electrons. The van der Waals surface area contributed by atoms with Gasteiger partial charge < -0.3 is 4.90 Å². The zero-order valence-corrected chi connectivity index (χ0v) is 20.9. The van der Waals surface area contributed by atoms with Crippen LogP contribution in [0.2, 0.25) is 0 Å². The van der Waals surface area contributed by atoms with Crippen molar-refractivity contribution in [3.63, 3.8) is 0 Å². The van der Waals surface area contributed by atoms with E-state index in [4.69, 9.17) is 0 Å². The second-order valence-electron chi connectivity index (χ2n) is 8.77. The molecule has 0 N–H and O–H groups in total. The third-order valence-corrected chi connectivity index (χ3v) is 8.22. The highest BCUT2D eigenvalue weighted by Crippen LogP contribution is 2.42. The molecule has 6 rings (SSSR count). The molecule has 6 aromatic rings. The highest BCUT2D eigenvalue weighted by atomic mass is 32.2. The summed E-state index contributed by atoms with van der Waals surface area (Å²) in [5.41, 5.74) is 3.52. The van der Waals surface area contributed by atoms with Gasteiger partial charge in [0, 0.05) is 47.4 Å². The molecule has 0 atom stereocenters. The van der Waals surface area contributed by atoms with Crippen molar-refractivity contribution in [1.82, 2.24) is 0 Å². The van der Waals surface area contributed by atoms with Gasteiger partial charge in [0.25, 0.3) is 0 Å². The first-order valence-corrected chi connectivity index (χ1v) is 13.3. The minimum absolute atomic E-state index is 0.572. The number of para-hydroxylation sites is 1. The van der Waals surface area contributed by atoms with Gasteiger partial charge in [-0.1, -0.05) is 68.4 Å². The van der Waals surface area contributed by atoms with Gasteiger partial charge in [-0.2, -0.15) is 0 Å². The van der Waals surface area contributed by atoms with E-state index in [1.165, 1.54) is 47.2 Å². The molecular formula is C31H25NS2. The van der Waals surface area contributed by atoms with Crippen LogP contribution in [0.1, 0.15) is 13.8 Å². The zero-order valence-electron chi connectivity index (χ0n) is 19.2. The van der Waals surface area contributed by atoms with Crippen LogP contribution >= 0.6 is 23.1 Å². The number of nitrogens with zero attached hydrogens (tertiary/aromatic N) is 1. The SMILES string of the molecule is CC(C)Sc1ccc(N(c2ccccc2)c2ccc3c(c2)sc2ccc4ccccc4c23)cc1. The van der Waals surface area contributed by atoms with Crippen LogP contribution in [0.4, 0.5) is 17.1 Å². The number of anilines is 3. The minimum Gasteiger partial charge on any atom is -0.310 e. The van der Waals surface area contributed by atoms with Gasteiger partial charge in [0.1, 0.15) is 0 Å². The summed E-state index contributed by atoms with van der Waals surface area (Å²) in [6.45, 7) is 4.47. The second kappa shape index (κ2) is 8.83. The number of hydrogen-bond donors (Lipinski definition) is 0. The van der Waals surface area contributed by atoms with E-state index in [0.29, 0.717) is 5.25 Å². The molecule has 0 saturated carbocycles. The molecule has 0 unspecified atom stereocenters. The molecule has 166 valence electrons. The molecular weight excluding hydrogens is 450 g/mol. The summed E-state index contributed by atoms with van der Waals surface area (Å²) in [5.74, 6) is 0. The second-order valence-corrected chi connectivity index (χ2v) is 11.5. The molecule has 0 spiro atoms. The Kier molecular flexibility index (Phi) is 5.52. The predicted molar refractivity (Wildman–Crippen MR) is 153 cm³/mol. The van der Waals surface area contributed by atoms with Gasteiger partial charge in [-0.25, -0.2) is 0 Å². The van der Waals surface area contributed by atoms with E-state index in [2.05, 4.69) is 128 Å². The fraction of sp³-hybridized carbons (Fsp3) is 0.0968. The predicted octanol–water partition coefficient (Wildman–Crippen LogP) is 10.2. The lowest BCUT2D eigenvalue weighted by atomic mass is 10.0. The van der Waals surface area contributed by atoms with Gasteiger partial charge in [0.2, 0.25) is 0 Å². The first-order chi connectivity index (χ1) is 16.7. The lowest BCUT2D eigenvalue weighted by Gasteiger charge is -2.25. The van der Waals surface area contributed by atoms with Crippen LogP contribution in [0, 0.1) is 0 Å². The molecule has 0 aliphatic heterocycles. The molecule has 1 nitrogen and oxygen atoms in total. The molecule has 0 amide bonds. The fourth-order valence-electron chi connectivity index (χ4n) is 4.64. The normalized spacial score (nSPS) is 11.6. The monoisotopic (exact) mass is 475 g/mol. The standard InChI is InChI=1S/C31H25NS2/c1-21(2)33-26-16-13-24(14-17-26)32(23-9-4-3-5-10-23)25-15-18-28-30(20-25)34-29-19-12-22-8-6-7-11-27(22)31(28)29/h3-21H,1-2H3. The van der Waals surface area contributed by atoms with E-state index >= 15 is 0 Å². The van der Waals surface area contributed by atoms with Crippen LogP contribution in [0.3, 0.4) is 0 Å². The number of rotatable bonds is 5. The largest absolute Gasteiger partial charge is 0.310 e. The number of benzene rings is 5. The van der Waals surface area contributed by atoms with E-state index in [1.54, 1.807) is 0 Å². The summed E-state index contributed by atoms with van der Waals surface area (Å²) >= 11 is 3.78. The van der Waals surface area contributed by atoms with E-state index in [1.807, 2.05) is 23.1 Å². The lowest BCUT2D eigenvalue weighted by molar-refractivity contribution is 1.11. The number of hydrogen-bond acceptors (Lipinski definition) is 3. The Balaban J connectivity index is 1.51. The molecule has 1 heterocycles. The quantitative estimate of drug-likeness (QED) is 0.228. The maximum Gasteiger partial charge on any atom is 0.0476 e. The molecule has 0 saturated heterocycles. The average Bonchev–Trinajstić information content (AvgIpc) is 3.24. The lowest BCUT2D eigenvalue weighted by Crippen LogP contribution is -2.09. The smallest absolute Gasteiger partial charge is 0.0476 e. The van der Waals surface area contributed by atoms with E-state index in [9.17, 15) is 0 Å². The van der Waals surface area contributed by atoms with E-state index < -0.39 is 0 Å². The minimum atomic E-state index is 0.572. The Labute approximate surface area is 208 Å². The van der Waals surface area contributed by atoms with Crippen molar-refractivity contribution in [3.8, 4) is 0 Å². The Morgan fingerprint density at radius 3 is 2.12 bits per heavy atom. The van der Waals surface area contributed by atoms with Crippen molar-refractivity contribution in [1.29, 1.82) is 0 Å². The summed E-state index contributed by atoms with van der Waals surface area (Å²) in [5, 5.41) is 5.90. The first-order valence-electron chi connectivity index (χ1n) is 11.6. The maximum atomic E-state index is 2.35. The van der Waals surface area contributed by atoms with Crippen molar-refractivity contribution < 1.29 is 0 Å². The average molecular weight is 476 g/mol. The Bertz CT molecular complexity index is 1600. The van der Waals surface area contributed by atoms with Gasteiger partial charge in [-0.15, -0.1) is 23.1 Å². The van der Waals surface area contributed by atoms with Gasteiger partial charge in [-0.3, -0.25) is 0 Å². The van der Waals surface area contributed by atoms with E-state index in [0.717, 1.165) is 5.69 Å². The van der Waals surface area contributed by atoms with Crippen LogP contribution < -0.4 is 4.90 Å². The van der Waals surface area contributed by atoms with Crippen molar-refractivity contribution in [2.75, 3.05) is 4.90 Å². The Morgan fingerprint density at radius 2 is 1.32 bits per heavy atom. The zero-order chi connectivity index (χ0) is 23.1. The maximum absolute atomic E-state index is 2.35. The van der Waals surface area contributed by atoms with Crippen LogP contribution in [-0.2, 0) is 0 Å². The Hall–Kier alpha value is -3.27. The van der Waals surface area contributed by atoms with Crippen molar-refractivity contribution in [2.24, 2.45) is 0 Å². The first kappa shape index (κ1) is 21.3. The van der Waals surface area contributed by atoms with Crippen LogP contribution in [0.5, 0.6) is 0 Å². The number of thioether (sulfide) groups is 1. The molecule has 5 aromatic carbocycles. The summed E-state index contributed by atoms with van der Waals surface area (Å²) < 4.78 is 2.66. The molecule has 0 aliphatic rings. The highest BCUT2D eigenvalue weighted by molar-refractivity contribution is 7.99. The topological polar surface area (TPSA) is 3.24 Å². The molecule has 1 aromatic heterocycles. The van der Waals surface area contributed by atoms with Gasteiger partial charge in [0.15, 0.2) is 0 Å². The van der Waals surface area contributed by atoms with Crippen molar-refractivity contribution in [2.45, 2.75) is 24.0 Å². The Morgan fingerprint density at radius 1 is 0.618 bits per heavy atom. The van der Waals surface area contributed by atoms with Crippen LogP contribution in [0.25, 0.3) is 30.9 Å². The molecule has 0 aliphatic carbocycles. The number of fused-ring (bicyclic) bond motifs is 5. The molecule has 34 heavy (non-hydrogen) atoms. The number of thiophene rings is 1. The van der Waals surface area contributed by atoms with E-state index in [-0.39, 0.29) is 0 Å². The van der Waals surface area contributed by atoms with Crippen molar-refractivity contribution >= 4 is 71.1 Å². The van der Waals surface area contributed by atoms with Crippen LogP contribution in [0.15, 0.2) is 114 Å². The van der Waals surface area contributed by atoms with Crippen LogP contribution in [-0.4, -0.2) is 5.25 Å². The van der Waals surface area contributed by atoms with Gasteiger partial charge >= 0.3 is 0 Å². The van der Waals surface area contributed by atoms with Crippen molar-refractivity contribution in [3.05, 3.63) is 109 Å². The van der Waals surface area contributed by atoms with Gasteiger partial charge in [-0.05, 0) is 65.4 Å². The fourth-order valence-corrected chi connectivity index (χ4v) is 6.64. The molecule has 0 bridgehead atoms. The third kappa shape index (κ3) is 3.85. The van der Waals surface area contributed by atoms with Gasteiger partial charge in [0.05, 0.1) is 0 Å². The molecule has 3 heteroatoms. The highest BCUT2D eigenvalue weighted by Gasteiger charge is 2.15. The summed E-state index contributed by atoms with van der Waals surface area (Å²) in [4.78, 5) is 3.66. The third-order valence-electron chi connectivity index (χ3n) is 6.08. The summed E-state index contributed by atoms with van der Waals surface area (Å²) in [6.07, 6.45) is 0.